The molecular weight excluding hydrogens is 176 g/mol. The summed E-state index contributed by atoms with van der Waals surface area (Å²) in [6, 6.07) is 7.38. The number of hydrogen-bond acceptors (Lipinski definition) is 2. The van der Waals surface area contributed by atoms with Crippen molar-refractivity contribution in [1.29, 1.82) is 0 Å². The Kier molecular flexibility index (Phi) is 3.65. The third-order valence-corrected chi connectivity index (χ3v) is 2.19. The molecule has 0 saturated heterocycles. The normalized spacial score (nSPS) is 12.4. The molecule has 3 heteroatoms. The van der Waals surface area contributed by atoms with Gasteiger partial charge in [-0.3, -0.25) is 4.79 Å². The average Bonchev–Trinajstić information content (AvgIpc) is 2.15. The van der Waals surface area contributed by atoms with Crippen molar-refractivity contribution in [2.24, 2.45) is 5.73 Å². The minimum Gasteiger partial charge on any atom is -0.368 e. The highest BCUT2D eigenvalue weighted by molar-refractivity contribution is 5.81. The Morgan fingerprint density at radius 1 is 1.50 bits per heavy atom. The molecule has 0 aromatic heterocycles. The van der Waals surface area contributed by atoms with Crippen LogP contribution in [0.4, 0.5) is 0 Å². The maximum Gasteiger partial charge on any atom is 0.239 e. The second-order valence-corrected chi connectivity index (χ2v) is 3.25. The molecule has 0 aliphatic rings. The lowest BCUT2D eigenvalue weighted by Gasteiger charge is -2.16. The Morgan fingerprint density at radius 2 is 2.14 bits per heavy atom. The van der Waals surface area contributed by atoms with Crippen molar-refractivity contribution in [3.05, 3.63) is 35.4 Å². The first kappa shape index (κ1) is 10.7. The molecule has 1 rings (SSSR count). The Hall–Kier alpha value is -1.35. The third-order valence-electron chi connectivity index (χ3n) is 2.19. The zero-order chi connectivity index (χ0) is 10.6. The van der Waals surface area contributed by atoms with Gasteiger partial charge < -0.3 is 11.1 Å². The van der Waals surface area contributed by atoms with Gasteiger partial charge in [0.2, 0.25) is 5.91 Å². The van der Waals surface area contributed by atoms with E-state index in [0.29, 0.717) is 0 Å². The average molecular weight is 192 g/mol. The van der Waals surface area contributed by atoms with Crippen LogP contribution in [0, 0.1) is 6.92 Å². The first-order valence-corrected chi connectivity index (χ1v) is 4.75. The molecule has 3 nitrogen and oxygen atoms in total. The molecule has 0 saturated carbocycles. The van der Waals surface area contributed by atoms with Crippen molar-refractivity contribution in [3.8, 4) is 0 Å². The first-order valence-electron chi connectivity index (χ1n) is 4.75. The molecule has 0 spiro atoms. The maximum atomic E-state index is 11.2. The number of carbonyl (C=O) groups excluding carboxylic acids is 1. The summed E-state index contributed by atoms with van der Waals surface area (Å²) in [5, 5.41) is 3.06. The van der Waals surface area contributed by atoms with E-state index in [1.807, 2.05) is 38.1 Å². The molecular formula is C11H16N2O. The number of likely N-dealkylation sites (N-methyl/N-ethyl adjacent to an activating group) is 1. The molecule has 1 atom stereocenters. The van der Waals surface area contributed by atoms with Crippen molar-refractivity contribution >= 4 is 5.91 Å². The number of primary amides is 1. The zero-order valence-corrected chi connectivity index (χ0v) is 8.58. The molecule has 0 radical (unpaired) electrons. The van der Waals surface area contributed by atoms with Gasteiger partial charge in [-0.25, -0.2) is 0 Å². The molecule has 0 fully saturated rings. The van der Waals surface area contributed by atoms with Crippen molar-refractivity contribution in [2.75, 3.05) is 6.54 Å². The quantitative estimate of drug-likeness (QED) is 0.751. The second-order valence-electron chi connectivity index (χ2n) is 3.25. The summed E-state index contributed by atoms with van der Waals surface area (Å²) < 4.78 is 0. The van der Waals surface area contributed by atoms with Crippen LogP contribution >= 0.6 is 0 Å². The Morgan fingerprint density at radius 3 is 2.64 bits per heavy atom. The van der Waals surface area contributed by atoms with Gasteiger partial charge in [-0.15, -0.1) is 0 Å². The minimum absolute atomic E-state index is 0.332. The largest absolute Gasteiger partial charge is 0.368 e. The number of carbonyl (C=O) groups is 1. The van der Waals surface area contributed by atoms with E-state index in [0.717, 1.165) is 17.7 Å². The van der Waals surface area contributed by atoms with E-state index >= 15 is 0 Å². The van der Waals surface area contributed by atoms with Gasteiger partial charge in [0, 0.05) is 0 Å². The van der Waals surface area contributed by atoms with Crippen LogP contribution in [-0.4, -0.2) is 12.5 Å². The number of aryl methyl sites for hydroxylation is 1. The van der Waals surface area contributed by atoms with Crippen molar-refractivity contribution in [2.45, 2.75) is 19.9 Å². The lowest BCUT2D eigenvalue weighted by Crippen LogP contribution is -2.33. The van der Waals surface area contributed by atoms with Crippen LogP contribution in [0.15, 0.2) is 24.3 Å². The lowest BCUT2D eigenvalue weighted by atomic mass is 10.0. The van der Waals surface area contributed by atoms with Gasteiger partial charge in [-0.05, 0) is 24.6 Å². The number of hydrogen-bond donors (Lipinski definition) is 2. The molecule has 0 aliphatic heterocycles. The minimum atomic E-state index is -0.374. The number of amides is 1. The molecule has 1 amide bonds. The lowest BCUT2D eigenvalue weighted by molar-refractivity contribution is -0.120. The summed E-state index contributed by atoms with van der Waals surface area (Å²) >= 11 is 0. The summed E-state index contributed by atoms with van der Waals surface area (Å²) in [6.45, 7) is 4.65. The van der Waals surface area contributed by atoms with Gasteiger partial charge in [-0.2, -0.15) is 0 Å². The van der Waals surface area contributed by atoms with E-state index in [4.69, 9.17) is 5.73 Å². The van der Waals surface area contributed by atoms with Crippen LogP contribution in [-0.2, 0) is 4.79 Å². The standard InChI is InChI=1S/C11H16N2O/c1-3-13-10(11(12)14)9-7-5-4-6-8(9)2/h4-7,10,13H,3H2,1-2H3,(H2,12,14). The summed E-state index contributed by atoms with van der Waals surface area (Å²) in [4.78, 5) is 11.2. The second kappa shape index (κ2) is 4.77. The molecule has 0 heterocycles. The monoisotopic (exact) mass is 192 g/mol. The van der Waals surface area contributed by atoms with Gasteiger partial charge >= 0.3 is 0 Å². The molecule has 0 bridgehead atoms. The van der Waals surface area contributed by atoms with Crippen LogP contribution < -0.4 is 11.1 Å². The van der Waals surface area contributed by atoms with Crippen LogP contribution in [0.3, 0.4) is 0 Å². The Balaban J connectivity index is 2.99. The molecule has 0 aliphatic carbocycles. The molecule has 76 valence electrons. The van der Waals surface area contributed by atoms with Gasteiger partial charge in [0.05, 0.1) is 0 Å². The van der Waals surface area contributed by atoms with E-state index in [1.54, 1.807) is 0 Å². The third kappa shape index (κ3) is 2.33. The number of rotatable bonds is 4. The van der Waals surface area contributed by atoms with Gasteiger partial charge in [-0.1, -0.05) is 31.2 Å². The predicted octanol–water partition coefficient (Wildman–Crippen LogP) is 1.13. The van der Waals surface area contributed by atoms with E-state index in [-0.39, 0.29) is 11.9 Å². The van der Waals surface area contributed by atoms with Crippen molar-refractivity contribution in [1.82, 2.24) is 5.32 Å². The van der Waals surface area contributed by atoms with Gasteiger partial charge in [0.25, 0.3) is 0 Å². The highest BCUT2D eigenvalue weighted by atomic mass is 16.1. The SMILES string of the molecule is CCNC(C(N)=O)c1ccccc1C. The summed E-state index contributed by atoms with van der Waals surface area (Å²) in [6.07, 6.45) is 0. The fourth-order valence-electron chi connectivity index (χ4n) is 1.48. The zero-order valence-electron chi connectivity index (χ0n) is 8.58. The van der Waals surface area contributed by atoms with E-state index < -0.39 is 0 Å². The molecule has 1 aromatic carbocycles. The highest BCUT2D eigenvalue weighted by Gasteiger charge is 2.17. The van der Waals surface area contributed by atoms with E-state index in [1.165, 1.54) is 0 Å². The molecule has 1 aromatic rings. The summed E-state index contributed by atoms with van der Waals surface area (Å²) in [7, 11) is 0. The van der Waals surface area contributed by atoms with Crippen LogP contribution in [0.25, 0.3) is 0 Å². The molecule has 1 unspecified atom stereocenters. The first-order chi connectivity index (χ1) is 6.66. The van der Waals surface area contributed by atoms with Gasteiger partial charge in [0.1, 0.15) is 6.04 Å². The summed E-state index contributed by atoms with van der Waals surface area (Å²) in [5.74, 6) is -0.332. The number of nitrogens with two attached hydrogens (primary N) is 1. The topological polar surface area (TPSA) is 55.1 Å². The predicted molar refractivity (Wildman–Crippen MR) is 56.8 cm³/mol. The Labute approximate surface area is 84.3 Å². The number of benzene rings is 1. The smallest absolute Gasteiger partial charge is 0.239 e. The molecule has 3 N–H and O–H groups in total. The number of nitrogens with one attached hydrogen (secondary N) is 1. The Bertz CT molecular complexity index is 323. The van der Waals surface area contributed by atoms with Crippen molar-refractivity contribution in [3.63, 3.8) is 0 Å². The van der Waals surface area contributed by atoms with Crippen molar-refractivity contribution < 1.29 is 4.79 Å². The fourth-order valence-corrected chi connectivity index (χ4v) is 1.48. The molecule has 14 heavy (non-hydrogen) atoms. The maximum absolute atomic E-state index is 11.2. The highest BCUT2D eigenvalue weighted by Crippen LogP contribution is 2.16. The van der Waals surface area contributed by atoms with Crippen LogP contribution in [0.2, 0.25) is 0 Å². The van der Waals surface area contributed by atoms with Crippen LogP contribution in [0.1, 0.15) is 24.1 Å². The fraction of sp³-hybridized carbons (Fsp3) is 0.364. The van der Waals surface area contributed by atoms with E-state index in [9.17, 15) is 4.79 Å². The van der Waals surface area contributed by atoms with Gasteiger partial charge in [0.15, 0.2) is 0 Å². The summed E-state index contributed by atoms with van der Waals surface area (Å²) in [5.41, 5.74) is 7.36. The van der Waals surface area contributed by atoms with Crippen LogP contribution in [0.5, 0.6) is 0 Å². The van der Waals surface area contributed by atoms with E-state index in [2.05, 4.69) is 5.32 Å².